The fourth-order valence-corrected chi connectivity index (χ4v) is 0. The maximum absolute atomic E-state index is 4.76. The van der Waals surface area contributed by atoms with E-state index >= 15 is 0 Å². The van der Waals surface area contributed by atoms with Crippen molar-refractivity contribution >= 4 is 23.2 Å². The van der Waals surface area contributed by atoms with Gasteiger partial charge < -0.3 is 0 Å². The Morgan fingerprint density at radius 2 is 1.25 bits per heavy atom. The van der Waals surface area contributed by atoms with Gasteiger partial charge in [-0.3, -0.25) is 0 Å². The summed E-state index contributed by atoms with van der Waals surface area (Å²) in [5, 5.41) is 0.194. The molecule has 26 valence electrons. The van der Waals surface area contributed by atoms with Gasteiger partial charge in [-0.2, -0.15) is 0 Å². The maximum Gasteiger partial charge on any atom is 2.00 e. The zero-order valence-corrected chi connectivity index (χ0v) is 5.07. The molecule has 3 heteroatoms. The van der Waals surface area contributed by atoms with Crippen LogP contribution in [0, 0.1) is 0 Å². The molecular weight excluding hydrogens is 184 g/mol. The van der Waals surface area contributed by atoms with Crippen LogP contribution in [0.1, 0.15) is 0 Å². The smallest absolute Gasteiger partial charge is 0.109 e. The summed E-state index contributed by atoms with van der Waals surface area (Å²) in [6.45, 7) is 0. The minimum absolute atomic E-state index is 0. The molecule has 0 aromatic rings. The van der Waals surface area contributed by atoms with Gasteiger partial charge in [0.15, 0.2) is 0 Å². The second-order valence-electron chi connectivity index (χ2n) is 0.101. The summed E-state index contributed by atoms with van der Waals surface area (Å²) < 4.78 is 0. The first-order chi connectivity index (χ1) is 1.41. The van der Waals surface area contributed by atoms with E-state index in [1.54, 1.807) is 0 Å². The second-order valence-corrected chi connectivity index (χ2v) is 0.909. The van der Waals surface area contributed by atoms with E-state index in [4.69, 9.17) is 23.2 Å². The van der Waals surface area contributed by atoms with Crippen LogP contribution in [0.4, 0.5) is 0 Å². The summed E-state index contributed by atoms with van der Waals surface area (Å²) in [6, 6.07) is 0. The van der Waals surface area contributed by atoms with Gasteiger partial charge in [0.2, 0.25) is 0 Å². The van der Waals surface area contributed by atoms with Gasteiger partial charge in [-0.05, 0) is 0 Å². The third-order valence-electron chi connectivity index (χ3n) is 0. The normalized spacial score (nSPS) is 4.50. The number of hydrogen-bond donors (Lipinski definition) is 0. The van der Waals surface area contributed by atoms with E-state index in [1.807, 2.05) is 0 Å². The molecule has 0 amide bonds. The summed E-state index contributed by atoms with van der Waals surface area (Å²) in [7, 11) is 0. The van der Waals surface area contributed by atoms with Crippen LogP contribution >= 0.6 is 23.2 Å². The molecule has 0 aliphatic carbocycles. The van der Waals surface area contributed by atoms with Gasteiger partial charge >= 0.3 is 19.5 Å². The van der Waals surface area contributed by atoms with Crippen LogP contribution in [0.2, 0.25) is 0 Å². The van der Waals surface area contributed by atoms with Crippen molar-refractivity contribution in [1.29, 1.82) is 0 Å². The molecule has 0 N–H and O–H groups in total. The largest absolute Gasteiger partial charge is 2.00 e. The molecular formula is CH2Cl2Ru+2. The van der Waals surface area contributed by atoms with Gasteiger partial charge in [0.1, 0.15) is 0 Å². The number of hydrogen-bond acceptors (Lipinski definition) is 0. The predicted molar refractivity (Wildman–Crippen MR) is 16.6 cm³/mol. The zero-order chi connectivity index (χ0) is 2.71. The molecule has 0 saturated heterocycles. The Bertz CT molecular complexity index is 6.00. The Labute approximate surface area is 48.2 Å². The molecule has 0 fully saturated rings. The molecule has 0 saturated carbocycles. The molecule has 0 aliphatic rings. The van der Waals surface area contributed by atoms with E-state index in [9.17, 15) is 0 Å². The van der Waals surface area contributed by atoms with E-state index in [2.05, 4.69) is 0 Å². The minimum atomic E-state index is 0. The monoisotopic (exact) mass is 186 g/mol. The van der Waals surface area contributed by atoms with E-state index in [0.717, 1.165) is 0 Å². The van der Waals surface area contributed by atoms with Crippen molar-refractivity contribution in [3.63, 3.8) is 0 Å². The van der Waals surface area contributed by atoms with Crippen molar-refractivity contribution in [2.75, 3.05) is 5.34 Å². The van der Waals surface area contributed by atoms with Crippen LogP contribution in [0.15, 0.2) is 0 Å². The molecule has 0 rings (SSSR count). The number of rotatable bonds is 0. The Morgan fingerprint density at radius 1 is 1.25 bits per heavy atom. The van der Waals surface area contributed by atoms with Crippen molar-refractivity contribution in [3.05, 3.63) is 0 Å². The number of alkyl halides is 2. The molecule has 0 heterocycles. The Morgan fingerprint density at radius 3 is 1.25 bits per heavy atom. The third kappa shape index (κ3) is 10.7. The average Bonchev–Trinajstić information content (AvgIpc) is 0.918. The minimum Gasteiger partial charge on any atom is -0.109 e. The fraction of sp³-hybridized carbons (Fsp3) is 1.00. The van der Waals surface area contributed by atoms with Gasteiger partial charge in [-0.15, -0.1) is 23.2 Å². The van der Waals surface area contributed by atoms with E-state index < -0.39 is 0 Å². The van der Waals surface area contributed by atoms with Crippen LogP contribution in [0.3, 0.4) is 0 Å². The van der Waals surface area contributed by atoms with Gasteiger partial charge in [0.25, 0.3) is 0 Å². The first-order valence-corrected chi connectivity index (χ1v) is 1.60. The molecule has 0 nitrogen and oxygen atoms in total. The van der Waals surface area contributed by atoms with Crippen molar-refractivity contribution in [1.82, 2.24) is 0 Å². The molecule has 0 aliphatic heterocycles. The molecule has 0 aromatic carbocycles. The molecule has 0 aromatic heterocycles. The van der Waals surface area contributed by atoms with Crippen molar-refractivity contribution in [2.45, 2.75) is 0 Å². The molecule has 0 atom stereocenters. The van der Waals surface area contributed by atoms with E-state index in [0.29, 0.717) is 0 Å². The summed E-state index contributed by atoms with van der Waals surface area (Å²) in [5.41, 5.74) is 0. The zero-order valence-electron chi connectivity index (χ0n) is 1.82. The summed E-state index contributed by atoms with van der Waals surface area (Å²) in [6.07, 6.45) is 0. The quantitative estimate of drug-likeness (QED) is 0.396. The Kier molecular flexibility index (Phi) is 19.9. The fourth-order valence-electron chi connectivity index (χ4n) is 0. The molecule has 4 heavy (non-hydrogen) atoms. The summed E-state index contributed by atoms with van der Waals surface area (Å²) in [5.74, 6) is 0. The van der Waals surface area contributed by atoms with E-state index in [-0.39, 0.29) is 24.8 Å². The molecule has 0 spiro atoms. The Hall–Kier alpha value is 1.20. The predicted octanol–water partition coefficient (Wildman–Crippen LogP) is 1.42. The van der Waals surface area contributed by atoms with Crippen molar-refractivity contribution < 1.29 is 19.5 Å². The van der Waals surface area contributed by atoms with Gasteiger partial charge in [0, 0.05) is 0 Å². The van der Waals surface area contributed by atoms with Gasteiger partial charge in [-0.25, -0.2) is 0 Å². The summed E-state index contributed by atoms with van der Waals surface area (Å²) >= 11 is 9.53. The van der Waals surface area contributed by atoms with Crippen LogP contribution in [0.5, 0.6) is 0 Å². The third-order valence-corrected chi connectivity index (χ3v) is 0. The molecule has 0 radical (unpaired) electrons. The van der Waals surface area contributed by atoms with Crippen LogP contribution in [-0.4, -0.2) is 5.34 Å². The standard InChI is InChI=1S/CH2Cl2.Ru/c2-1-3;/h1H2;/q;+2. The summed E-state index contributed by atoms with van der Waals surface area (Å²) in [4.78, 5) is 0. The van der Waals surface area contributed by atoms with Crippen molar-refractivity contribution in [3.8, 4) is 0 Å². The molecule has 0 bridgehead atoms. The number of halogens is 2. The van der Waals surface area contributed by atoms with E-state index in [1.165, 1.54) is 0 Å². The van der Waals surface area contributed by atoms with Crippen LogP contribution in [-0.2, 0) is 19.5 Å². The molecule has 0 unspecified atom stereocenters. The van der Waals surface area contributed by atoms with Crippen LogP contribution < -0.4 is 0 Å². The van der Waals surface area contributed by atoms with Crippen LogP contribution in [0.25, 0.3) is 0 Å². The van der Waals surface area contributed by atoms with Gasteiger partial charge in [0.05, 0.1) is 5.34 Å². The average molecular weight is 186 g/mol. The first kappa shape index (κ1) is 8.96. The Balaban J connectivity index is 0. The van der Waals surface area contributed by atoms with Gasteiger partial charge in [-0.1, -0.05) is 0 Å². The SMILES string of the molecule is ClCCl.[Ru+2]. The van der Waals surface area contributed by atoms with Crippen molar-refractivity contribution in [2.24, 2.45) is 0 Å². The maximum atomic E-state index is 4.76. The first-order valence-electron chi connectivity index (χ1n) is 0.535. The second kappa shape index (κ2) is 8.88. The topological polar surface area (TPSA) is 0 Å².